The molecule has 2 heterocycles. The Balaban J connectivity index is 1.92. The maximum Gasteiger partial charge on any atom is 0.258 e. The van der Waals surface area contributed by atoms with E-state index in [2.05, 4.69) is 10.4 Å². The molecule has 1 amide bonds. The number of carbonyl (C=O) groups is 1. The third kappa shape index (κ3) is 2.76. The lowest BCUT2D eigenvalue weighted by Gasteiger charge is -2.15. The summed E-state index contributed by atoms with van der Waals surface area (Å²) in [5.41, 5.74) is 0.516. The van der Waals surface area contributed by atoms with Gasteiger partial charge in [0.1, 0.15) is 5.56 Å². The quantitative estimate of drug-likeness (QED) is 0.757. The van der Waals surface area contributed by atoms with Crippen molar-refractivity contribution in [3.05, 3.63) is 11.8 Å². The summed E-state index contributed by atoms with van der Waals surface area (Å²) < 4.78 is 12.1. The van der Waals surface area contributed by atoms with Gasteiger partial charge in [-0.15, -0.1) is 0 Å². The van der Waals surface area contributed by atoms with Gasteiger partial charge in [-0.05, 0) is 6.42 Å². The molecule has 0 unspecified atom stereocenters. The first kappa shape index (κ1) is 11.9. The Bertz CT molecular complexity index is 389. The van der Waals surface area contributed by atoms with E-state index in [0.717, 1.165) is 19.4 Å². The number of nitrogens with zero attached hydrogens (tertiary/aromatic N) is 2. The lowest BCUT2D eigenvalue weighted by atomic mass is 10.3. The van der Waals surface area contributed by atoms with E-state index >= 15 is 0 Å². The second-order valence-corrected chi connectivity index (χ2v) is 3.89. The predicted molar refractivity (Wildman–Crippen MR) is 61.2 cm³/mol. The van der Waals surface area contributed by atoms with E-state index < -0.39 is 0 Å². The van der Waals surface area contributed by atoms with E-state index in [4.69, 9.17) is 9.47 Å². The first-order chi connectivity index (χ1) is 8.33. The zero-order valence-electron chi connectivity index (χ0n) is 9.94. The normalized spacial score (nSPS) is 13.9. The molecular weight excluding hydrogens is 222 g/mol. The van der Waals surface area contributed by atoms with E-state index in [1.54, 1.807) is 18.0 Å². The van der Waals surface area contributed by atoms with Gasteiger partial charge in [0.25, 0.3) is 5.91 Å². The van der Waals surface area contributed by atoms with Crippen LogP contribution in [0.25, 0.3) is 0 Å². The fourth-order valence-electron chi connectivity index (χ4n) is 1.74. The van der Waals surface area contributed by atoms with E-state index in [1.165, 1.54) is 0 Å². The van der Waals surface area contributed by atoms with E-state index in [1.807, 2.05) is 0 Å². The summed E-state index contributed by atoms with van der Waals surface area (Å²) in [6, 6.07) is 0. The van der Waals surface area contributed by atoms with Gasteiger partial charge in [-0.3, -0.25) is 4.79 Å². The highest BCUT2D eigenvalue weighted by molar-refractivity contribution is 5.96. The largest absolute Gasteiger partial charge is 0.477 e. The Morgan fingerprint density at radius 2 is 2.59 bits per heavy atom. The van der Waals surface area contributed by atoms with E-state index in [-0.39, 0.29) is 5.91 Å². The van der Waals surface area contributed by atoms with Gasteiger partial charge in [0, 0.05) is 33.2 Å². The highest BCUT2D eigenvalue weighted by Gasteiger charge is 2.20. The minimum absolute atomic E-state index is 0.135. The van der Waals surface area contributed by atoms with Gasteiger partial charge >= 0.3 is 0 Å². The highest BCUT2D eigenvalue weighted by Crippen LogP contribution is 2.21. The van der Waals surface area contributed by atoms with Crippen molar-refractivity contribution in [3.8, 4) is 5.88 Å². The zero-order chi connectivity index (χ0) is 12.1. The molecule has 0 bridgehead atoms. The van der Waals surface area contributed by atoms with Crippen molar-refractivity contribution >= 4 is 5.91 Å². The van der Waals surface area contributed by atoms with Crippen LogP contribution in [0.1, 0.15) is 23.2 Å². The molecule has 0 aliphatic carbocycles. The SMILES string of the molecule is COCCCNC(=O)c1cnn2c1OCCC2. The summed E-state index contributed by atoms with van der Waals surface area (Å²) in [4.78, 5) is 11.9. The third-order valence-corrected chi connectivity index (χ3v) is 2.60. The number of fused-ring (bicyclic) bond motifs is 1. The number of aromatic nitrogens is 2. The molecule has 1 aliphatic rings. The number of amides is 1. The Morgan fingerprint density at radius 1 is 1.71 bits per heavy atom. The summed E-state index contributed by atoms with van der Waals surface area (Å²) in [5.74, 6) is 0.449. The monoisotopic (exact) mass is 239 g/mol. The summed E-state index contributed by atoms with van der Waals surface area (Å²) in [5, 5.41) is 6.95. The topological polar surface area (TPSA) is 65.4 Å². The molecule has 94 valence electrons. The molecule has 1 aromatic heterocycles. The average Bonchev–Trinajstić information content (AvgIpc) is 2.78. The molecular formula is C11H17N3O3. The number of carbonyl (C=O) groups excluding carboxylic acids is 1. The van der Waals surface area contributed by atoms with Gasteiger partial charge in [-0.2, -0.15) is 5.10 Å². The molecule has 1 aromatic rings. The zero-order valence-corrected chi connectivity index (χ0v) is 9.94. The summed E-state index contributed by atoms with van der Waals surface area (Å²) in [6.07, 6.45) is 3.29. The minimum atomic E-state index is -0.135. The first-order valence-corrected chi connectivity index (χ1v) is 5.78. The van der Waals surface area contributed by atoms with Gasteiger partial charge in [0.05, 0.1) is 12.8 Å². The average molecular weight is 239 g/mol. The number of rotatable bonds is 5. The molecule has 2 rings (SSSR count). The van der Waals surface area contributed by atoms with Crippen LogP contribution < -0.4 is 10.1 Å². The smallest absolute Gasteiger partial charge is 0.258 e. The van der Waals surface area contributed by atoms with Gasteiger partial charge in [0.15, 0.2) is 0 Å². The number of methoxy groups -OCH3 is 1. The molecule has 6 nitrogen and oxygen atoms in total. The second-order valence-electron chi connectivity index (χ2n) is 3.89. The van der Waals surface area contributed by atoms with Crippen molar-refractivity contribution in [1.29, 1.82) is 0 Å². The Labute approximate surface area is 99.9 Å². The number of aryl methyl sites for hydroxylation is 1. The van der Waals surface area contributed by atoms with Crippen LogP contribution >= 0.6 is 0 Å². The molecule has 17 heavy (non-hydrogen) atoms. The predicted octanol–water partition coefficient (Wildman–Crippen LogP) is 0.432. The van der Waals surface area contributed by atoms with Crippen molar-refractivity contribution in [2.24, 2.45) is 0 Å². The third-order valence-electron chi connectivity index (χ3n) is 2.60. The Morgan fingerprint density at radius 3 is 3.41 bits per heavy atom. The van der Waals surface area contributed by atoms with Gasteiger partial charge in [0.2, 0.25) is 5.88 Å². The maximum absolute atomic E-state index is 11.9. The molecule has 1 aliphatic heterocycles. The van der Waals surface area contributed by atoms with Crippen molar-refractivity contribution in [3.63, 3.8) is 0 Å². The van der Waals surface area contributed by atoms with Crippen LogP contribution in [0.3, 0.4) is 0 Å². The molecule has 1 N–H and O–H groups in total. The second kappa shape index (κ2) is 5.67. The highest BCUT2D eigenvalue weighted by atomic mass is 16.5. The van der Waals surface area contributed by atoms with Crippen molar-refractivity contribution in [2.45, 2.75) is 19.4 Å². The van der Waals surface area contributed by atoms with Crippen molar-refractivity contribution in [2.75, 3.05) is 26.9 Å². The van der Waals surface area contributed by atoms with Crippen LogP contribution in [0, 0.1) is 0 Å². The fraction of sp³-hybridized carbons (Fsp3) is 0.636. The summed E-state index contributed by atoms with van der Waals surface area (Å²) in [6.45, 7) is 2.70. The Hall–Kier alpha value is -1.56. The van der Waals surface area contributed by atoms with Crippen LogP contribution in [0.2, 0.25) is 0 Å². The van der Waals surface area contributed by atoms with E-state index in [9.17, 15) is 4.79 Å². The van der Waals surface area contributed by atoms with Crippen LogP contribution in [0.15, 0.2) is 6.20 Å². The number of nitrogens with one attached hydrogen (secondary N) is 1. The molecule has 0 saturated carbocycles. The molecule has 0 saturated heterocycles. The molecule has 0 aromatic carbocycles. The number of hydrogen-bond acceptors (Lipinski definition) is 4. The fourth-order valence-corrected chi connectivity index (χ4v) is 1.74. The maximum atomic E-state index is 11.9. The van der Waals surface area contributed by atoms with Crippen LogP contribution in [-0.4, -0.2) is 42.6 Å². The number of ether oxygens (including phenoxy) is 2. The van der Waals surface area contributed by atoms with Crippen LogP contribution in [0.5, 0.6) is 5.88 Å². The lowest BCUT2D eigenvalue weighted by molar-refractivity contribution is 0.0942. The van der Waals surface area contributed by atoms with Gasteiger partial charge in [-0.1, -0.05) is 0 Å². The van der Waals surface area contributed by atoms with Gasteiger partial charge in [-0.25, -0.2) is 4.68 Å². The van der Waals surface area contributed by atoms with Crippen LogP contribution in [0.4, 0.5) is 0 Å². The number of hydrogen-bond donors (Lipinski definition) is 1. The lowest BCUT2D eigenvalue weighted by Crippen LogP contribution is -2.26. The van der Waals surface area contributed by atoms with Crippen molar-refractivity contribution in [1.82, 2.24) is 15.1 Å². The summed E-state index contributed by atoms with van der Waals surface area (Å²) in [7, 11) is 1.64. The standard InChI is InChI=1S/C11H17N3O3/c1-16-6-2-4-12-10(15)9-8-13-14-5-3-7-17-11(9)14/h8H,2-7H2,1H3,(H,12,15). The molecule has 0 spiro atoms. The van der Waals surface area contributed by atoms with Crippen molar-refractivity contribution < 1.29 is 14.3 Å². The molecule has 0 fully saturated rings. The first-order valence-electron chi connectivity index (χ1n) is 5.78. The molecule has 0 atom stereocenters. The summed E-state index contributed by atoms with van der Waals surface area (Å²) >= 11 is 0. The minimum Gasteiger partial charge on any atom is -0.477 e. The van der Waals surface area contributed by atoms with E-state index in [0.29, 0.717) is 31.2 Å². The Kier molecular flexibility index (Phi) is 3.98. The van der Waals surface area contributed by atoms with Gasteiger partial charge < -0.3 is 14.8 Å². The molecule has 6 heteroatoms. The molecule has 0 radical (unpaired) electrons. The van der Waals surface area contributed by atoms with Crippen LogP contribution in [-0.2, 0) is 11.3 Å².